The molecule has 3 nitrogen and oxygen atoms in total. The second kappa shape index (κ2) is 7.73. The summed E-state index contributed by atoms with van der Waals surface area (Å²) in [6.45, 7) is 1.91. The topological polar surface area (TPSA) is 31.2 Å². The summed E-state index contributed by atoms with van der Waals surface area (Å²) in [6.07, 6.45) is 1.60. The van der Waals surface area contributed by atoms with Crippen LogP contribution in [-0.2, 0) is 16.6 Å². The summed E-state index contributed by atoms with van der Waals surface area (Å²) in [5.74, 6) is -0.588. The Morgan fingerprint density at radius 2 is 1.36 bits per heavy atom. The standard InChI is InChI=1S/C25H23NO2/c1-18(22-17-26(2)23-16-10-9-15-21(22)23)25(27)28-24(19-11-5-3-6-12-19)20-13-7-4-8-14-20/h3-18,24H,1-2H3/t18-/m1/s1. The number of carbonyl (C=O) groups is 1. The van der Waals surface area contributed by atoms with Crippen molar-refractivity contribution in [3.8, 4) is 0 Å². The summed E-state index contributed by atoms with van der Waals surface area (Å²) in [7, 11) is 2.00. The minimum atomic E-state index is -0.424. The van der Waals surface area contributed by atoms with Crippen molar-refractivity contribution in [2.24, 2.45) is 7.05 Å². The lowest BCUT2D eigenvalue weighted by Crippen LogP contribution is -2.18. The molecule has 1 heterocycles. The largest absolute Gasteiger partial charge is 0.452 e. The first-order valence-corrected chi connectivity index (χ1v) is 9.49. The van der Waals surface area contributed by atoms with Crippen molar-refractivity contribution >= 4 is 16.9 Å². The number of hydrogen-bond donors (Lipinski definition) is 0. The Morgan fingerprint density at radius 3 is 1.96 bits per heavy atom. The van der Waals surface area contributed by atoms with Crippen molar-refractivity contribution in [3.05, 3.63) is 108 Å². The van der Waals surface area contributed by atoms with Crippen molar-refractivity contribution in [3.63, 3.8) is 0 Å². The number of esters is 1. The monoisotopic (exact) mass is 369 g/mol. The number of benzene rings is 3. The van der Waals surface area contributed by atoms with Gasteiger partial charge in [-0.3, -0.25) is 4.79 Å². The highest BCUT2D eigenvalue weighted by atomic mass is 16.5. The van der Waals surface area contributed by atoms with Gasteiger partial charge >= 0.3 is 5.97 Å². The molecule has 1 atom stereocenters. The molecular weight excluding hydrogens is 346 g/mol. The van der Waals surface area contributed by atoms with Crippen LogP contribution in [0.3, 0.4) is 0 Å². The lowest BCUT2D eigenvalue weighted by Gasteiger charge is -2.21. The fourth-order valence-corrected chi connectivity index (χ4v) is 3.65. The van der Waals surface area contributed by atoms with E-state index in [2.05, 4.69) is 16.7 Å². The van der Waals surface area contributed by atoms with E-state index in [1.165, 1.54) is 0 Å². The van der Waals surface area contributed by atoms with E-state index in [0.717, 1.165) is 27.6 Å². The van der Waals surface area contributed by atoms with Gasteiger partial charge in [0, 0.05) is 24.1 Å². The van der Waals surface area contributed by atoms with Gasteiger partial charge in [0.25, 0.3) is 0 Å². The van der Waals surface area contributed by atoms with Gasteiger partial charge < -0.3 is 9.30 Å². The molecule has 28 heavy (non-hydrogen) atoms. The van der Waals surface area contributed by atoms with Crippen molar-refractivity contribution in [1.29, 1.82) is 0 Å². The van der Waals surface area contributed by atoms with Gasteiger partial charge in [0.2, 0.25) is 0 Å². The number of carbonyl (C=O) groups excluding carboxylic acids is 1. The predicted octanol–water partition coefficient (Wildman–Crippen LogP) is 5.61. The number of nitrogens with zero attached hydrogens (tertiary/aromatic N) is 1. The minimum Gasteiger partial charge on any atom is -0.452 e. The van der Waals surface area contributed by atoms with Gasteiger partial charge in [-0.25, -0.2) is 0 Å². The highest BCUT2D eigenvalue weighted by Gasteiger charge is 2.25. The van der Waals surface area contributed by atoms with Gasteiger partial charge in [-0.1, -0.05) is 78.9 Å². The van der Waals surface area contributed by atoms with Crippen LogP contribution in [0.4, 0.5) is 0 Å². The Kier molecular flexibility index (Phi) is 4.98. The lowest BCUT2D eigenvalue weighted by molar-refractivity contribution is -0.149. The Labute approximate surface area is 165 Å². The maximum Gasteiger partial charge on any atom is 0.314 e. The second-order valence-electron chi connectivity index (χ2n) is 7.07. The average Bonchev–Trinajstić information content (AvgIpc) is 3.09. The van der Waals surface area contributed by atoms with Crippen LogP contribution in [0.25, 0.3) is 10.9 Å². The van der Waals surface area contributed by atoms with E-state index < -0.39 is 6.10 Å². The van der Waals surface area contributed by atoms with Gasteiger partial charge in [-0.05, 0) is 29.7 Å². The Bertz CT molecular complexity index is 1040. The zero-order chi connectivity index (χ0) is 19.5. The minimum absolute atomic E-state index is 0.228. The maximum atomic E-state index is 13.1. The maximum absolute atomic E-state index is 13.1. The molecule has 0 radical (unpaired) electrons. The van der Waals surface area contributed by atoms with Crippen LogP contribution in [0.2, 0.25) is 0 Å². The van der Waals surface area contributed by atoms with Gasteiger partial charge in [-0.2, -0.15) is 0 Å². The van der Waals surface area contributed by atoms with Crippen LogP contribution in [0.5, 0.6) is 0 Å². The first-order chi connectivity index (χ1) is 13.6. The number of ether oxygens (including phenoxy) is 1. The quantitative estimate of drug-likeness (QED) is 0.428. The predicted molar refractivity (Wildman–Crippen MR) is 112 cm³/mol. The summed E-state index contributed by atoms with van der Waals surface area (Å²) >= 11 is 0. The van der Waals surface area contributed by atoms with Crippen molar-refractivity contribution < 1.29 is 9.53 Å². The van der Waals surface area contributed by atoms with E-state index in [9.17, 15) is 4.79 Å². The van der Waals surface area contributed by atoms with Gasteiger partial charge in [-0.15, -0.1) is 0 Å². The smallest absolute Gasteiger partial charge is 0.314 e. The number of hydrogen-bond acceptors (Lipinski definition) is 2. The molecule has 4 rings (SSSR count). The lowest BCUT2D eigenvalue weighted by atomic mass is 9.99. The normalized spacial score (nSPS) is 12.2. The van der Waals surface area contributed by atoms with E-state index in [0.29, 0.717) is 0 Å². The Morgan fingerprint density at radius 1 is 0.821 bits per heavy atom. The van der Waals surface area contributed by atoms with Crippen LogP contribution in [0.1, 0.15) is 35.6 Å². The van der Waals surface area contributed by atoms with E-state index >= 15 is 0 Å². The third-order valence-electron chi connectivity index (χ3n) is 5.19. The SMILES string of the molecule is C[C@@H](C(=O)OC(c1ccccc1)c1ccccc1)c1cn(C)c2ccccc12. The molecule has 0 spiro atoms. The Hall–Kier alpha value is -3.33. The van der Waals surface area contributed by atoms with Crippen LogP contribution in [-0.4, -0.2) is 10.5 Å². The molecule has 1 aromatic heterocycles. The molecule has 0 N–H and O–H groups in total. The van der Waals surface area contributed by atoms with Crippen molar-refractivity contribution in [2.75, 3.05) is 0 Å². The summed E-state index contributed by atoms with van der Waals surface area (Å²) in [6, 6.07) is 27.9. The molecule has 140 valence electrons. The molecule has 0 saturated carbocycles. The molecular formula is C25H23NO2. The van der Waals surface area contributed by atoms with Crippen LogP contribution in [0, 0.1) is 0 Å². The molecule has 0 fully saturated rings. The van der Waals surface area contributed by atoms with Gasteiger partial charge in [0.05, 0.1) is 5.92 Å². The van der Waals surface area contributed by atoms with Crippen LogP contribution < -0.4 is 0 Å². The molecule has 0 saturated heterocycles. The third-order valence-corrected chi connectivity index (χ3v) is 5.19. The van der Waals surface area contributed by atoms with Crippen molar-refractivity contribution in [1.82, 2.24) is 4.57 Å². The molecule has 0 aliphatic heterocycles. The number of aromatic nitrogens is 1. The summed E-state index contributed by atoms with van der Waals surface area (Å²) < 4.78 is 8.10. The molecule has 3 heteroatoms. The fraction of sp³-hybridized carbons (Fsp3) is 0.160. The Balaban J connectivity index is 1.66. The van der Waals surface area contributed by atoms with Crippen LogP contribution in [0.15, 0.2) is 91.1 Å². The van der Waals surface area contributed by atoms with E-state index in [-0.39, 0.29) is 11.9 Å². The third kappa shape index (κ3) is 3.44. The highest BCUT2D eigenvalue weighted by Crippen LogP contribution is 2.32. The molecule has 0 aliphatic carbocycles. The summed E-state index contributed by atoms with van der Waals surface area (Å²) in [5.41, 5.74) is 4.03. The summed E-state index contributed by atoms with van der Waals surface area (Å²) in [5, 5.41) is 1.09. The zero-order valence-electron chi connectivity index (χ0n) is 16.1. The number of rotatable bonds is 5. The fourth-order valence-electron chi connectivity index (χ4n) is 3.65. The first kappa shape index (κ1) is 18.1. The zero-order valence-corrected chi connectivity index (χ0v) is 16.1. The van der Waals surface area contributed by atoms with Crippen molar-refractivity contribution in [2.45, 2.75) is 18.9 Å². The number of aryl methyl sites for hydroxylation is 1. The molecule has 0 unspecified atom stereocenters. The molecule has 0 aliphatic rings. The second-order valence-corrected chi connectivity index (χ2v) is 7.07. The summed E-state index contributed by atoms with van der Waals surface area (Å²) in [4.78, 5) is 13.1. The molecule has 3 aromatic carbocycles. The molecule has 0 bridgehead atoms. The van der Waals surface area contributed by atoms with E-state index in [1.807, 2.05) is 93.0 Å². The molecule has 0 amide bonds. The van der Waals surface area contributed by atoms with E-state index in [4.69, 9.17) is 4.74 Å². The number of fused-ring (bicyclic) bond motifs is 1. The number of para-hydroxylation sites is 1. The average molecular weight is 369 g/mol. The van der Waals surface area contributed by atoms with Crippen LogP contribution >= 0.6 is 0 Å². The highest BCUT2D eigenvalue weighted by molar-refractivity contribution is 5.90. The van der Waals surface area contributed by atoms with E-state index in [1.54, 1.807) is 0 Å². The molecule has 4 aromatic rings. The van der Waals surface area contributed by atoms with Gasteiger partial charge in [0.1, 0.15) is 0 Å². The first-order valence-electron chi connectivity index (χ1n) is 9.49. The van der Waals surface area contributed by atoms with Gasteiger partial charge in [0.15, 0.2) is 6.10 Å².